The molecule has 0 aliphatic heterocycles. The van der Waals surface area contributed by atoms with Crippen LogP contribution in [0.25, 0.3) is 5.65 Å². The largest absolute Gasteiger partial charge is 0.485 e. The average molecular weight is 384 g/mol. The first-order chi connectivity index (χ1) is 13.4. The number of nitrogens with zero attached hydrogens (tertiary/aromatic N) is 3. The van der Waals surface area contributed by atoms with E-state index in [1.54, 1.807) is 23.6 Å². The Morgan fingerprint density at radius 1 is 1.32 bits per heavy atom. The van der Waals surface area contributed by atoms with Gasteiger partial charge in [0.05, 0.1) is 23.7 Å². The second-order valence-corrected chi connectivity index (χ2v) is 6.27. The second-order valence-electron chi connectivity index (χ2n) is 6.27. The summed E-state index contributed by atoms with van der Waals surface area (Å²) in [6.07, 6.45) is 1.92. The Kier molecular flexibility index (Phi) is 5.54. The van der Waals surface area contributed by atoms with Crippen LogP contribution in [-0.4, -0.2) is 21.8 Å². The first-order valence-corrected chi connectivity index (χ1v) is 8.62. The third kappa shape index (κ3) is 3.78. The number of ether oxygens (including phenoxy) is 1. The van der Waals surface area contributed by atoms with Crippen LogP contribution in [0.4, 0.5) is 8.78 Å². The maximum absolute atomic E-state index is 13.9. The van der Waals surface area contributed by atoms with Crippen molar-refractivity contribution in [2.24, 2.45) is 0 Å². The molecular formula is C20H18F2N4O2. The third-order valence-corrected chi connectivity index (χ3v) is 4.17. The Morgan fingerprint density at radius 3 is 2.71 bits per heavy atom. The van der Waals surface area contributed by atoms with E-state index < -0.39 is 11.6 Å². The molecule has 0 saturated carbocycles. The molecule has 3 rings (SSSR count). The number of carbonyl (C=O) groups excluding carboxylic acids is 1. The van der Waals surface area contributed by atoms with Gasteiger partial charge in [0.25, 0.3) is 5.91 Å². The summed E-state index contributed by atoms with van der Waals surface area (Å²) in [6, 6.07) is 7.27. The number of hydrogen-bond acceptors (Lipinski definition) is 4. The number of imidazole rings is 1. The average Bonchev–Trinajstić information content (AvgIpc) is 2.97. The Bertz CT molecular complexity index is 1070. The summed E-state index contributed by atoms with van der Waals surface area (Å²) in [7, 11) is 0. The fraction of sp³-hybridized carbons (Fsp3) is 0.250. The van der Waals surface area contributed by atoms with Crippen LogP contribution in [0, 0.1) is 36.8 Å². The predicted molar refractivity (Wildman–Crippen MR) is 97.9 cm³/mol. The minimum Gasteiger partial charge on any atom is -0.485 e. The highest BCUT2D eigenvalue weighted by Crippen LogP contribution is 2.26. The van der Waals surface area contributed by atoms with Gasteiger partial charge in [0.2, 0.25) is 0 Å². The molecule has 2 aromatic heterocycles. The van der Waals surface area contributed by atoms with Gasteiger partial charge in [-0.15, -0.1) is 0 Å². The molecule has 1 N–H and O–H groups in total. The van der Waals surface area contributed by atoms with Gasteiger partial charge in [-0.05, 0) is 37.6 Å². The van der Waals surface area contributed by atoms with Crippen molar-refractivity contribution >= 4 is 11.6 Å². The quantitative estimate of drug-likeness (QED) is 0.660. The van der Waals surface area contributed by atoms with E-state index in [-0.39, 0.29) is 31.0 Å². The fourth-order valence-corrected chi connectivity index (χ4v) is 2.87. The number of rotatable bonds is 6. The van der Waals surface area contributed by atoms with Crippen molar-refractivity contribution in [1.29, 1.82) is 5.26 Å². The fourth-order valence-electron chi connectivity index (χ4n) is 2.87. The number of aryl methyl sites for hydroxylation is 2. The molecule has 28 heavy (non-hydrogen) atoms. The lowest BCUT2D eigenvalue weighted by molar-refractivity contribution is 0.0948. The SMILES string of the molecule is Cc1cc(OCc2c(F)cccc2F)c2nc(C)c(C(=O)NCCC#N)n2c1. The van der Waals surface area contributed by atoms with E-state index >= 15 is 0 Å². The molecule has 1 amide bonds. The Morgan fingerprint density at radius 2 is 2.04 bits per heavy atom. The summed E-state index contributed by atoms with van der Waals surface area (Å²) >= 11 is 0. The molecule has 0 aliphatic carbocycles. The summed E-state index contributed by atoms with van der Waals surface area (Å²) < 4.78 is 34.9. The first-order valence-electron chi connectivity index (χ1n) is 8.62. The highest BCUT2D eigenvalue weighted by atomic mass is 19.1. The van der Waals surface area contributed by atoms with Gasteiger partial charge >= 0.3 is 0 Å². The lowest BCUT2D eigenvalue weighted by Crippen LogP contribution is -2.26. The van der Waals surface area contributed by atoms with E-state index in [9.17, 15) is 13.6 Å². The number of fused-ring (bicyclic) bond motifs is 1. The van der Waals surface area contributed by atoms with Crippen molar-refractivity contribution in [2.75, 3.05) is 6.54 Å². The molecule has 2 heterocycles. The summed E-state index contributed by atoms with van der Waals surface area (Å²) in [5.41, 5.74) is 1.76. The molecule has 8 heteroatoms. The zero-order valence-corrected chi connectivity index (χ0v) is 15.4. The molecule has 0 bridgehead atoms. The van der Waals surface area contributed by atoms with Gasteiger partial charge in [-0.1, -0.05) is 6.07 Å². The van der Waals surface area contributed by atoms with Crippen molar-refractivity contribution in [3.05, 3.63) is 64.6 Å². The van der Waals surface area contributed by atoms with Crippen LogP contribution >= 0.6 is 0 Å². The van der Waals surface area contributed by atoms with E-state index in [4.69, 9.17) is 10.00 Å². The molecule has 0 saturated heterocycles. The standard InChI is InChI=1S/C20H18F2N4O2/c1-12-9-17(28-11-14-15(21)5-3-6-16(14)22)19-25-13(2)18(26(19)10-12)20(27)24-8-4-7-23/h3,5-6,9-10H,4,8,11H2,1-2H3,(H,24,27). The highest BCUT2D eigenvalue weighted by Gasteiger charge is 2.20. The first kappa shape index (κ1) is 19.3. The topological polar surface area (TPSA) is 79.4 Å². The van der Waals surface area contributed by atoms with Gasteiger partial charge in [-0.25, -0.2) is 13.8 Å². The second kappa shape index (κ2) is 8.05. The molecule has 1 aromatic carbocycles. The Labute approximate surface area is 160 Å². The van der Waals surface area contributed by atoms with E-state index in [0.29, 0.717) is 22.8 Å². The minimum atomic E-state index is -0.694. The number of aromatic nitrogens is 2. The number of halogens is 2. The summed E-state index contributed by atoms with van der Waals surface area (Å²) in [6.45, 7) is 3.40. The van der Waals surface area contributed by atoms with Gasteiger partial charge in [0.1, 0.15) is 23.9 Å². The number of nitrogens with one attached hydrogen (secondary N) is 1. The highest BCUT2D eigenvalue weighted by molar-refractivity contribution is 5.95. The van der Waals surface area contributed by atoms with Crippen LogP contribution in [0.1, 0.15) is 33.7 Å². The van der Waals surface area contributed by atoms with Gasteiger partial charge < -0.3 is 10.1 Å². The minimum absolute atomic E-state index is 0.181. The van der Waals surface area contributed by atoms with E-state index in [0.717, 1.165) is 17.7 Å². The summed E-state index contributed by atoms with van der Waals surface area (Å²) in [5, 5.41) is 11.3. The molecule has 0 fully saturated rings. The maximum atomic E-state index is 13.9. The van der Waals surface area contributed by atoms with Gasteiger partial charge in [0, 0.05) is 12.7 Å². The zero-order chi connectivity index (χ0) is 20.3. The molecule has 3 aromatic rings. The Balaban J connectivity index is 1.95. The maximum Gasteiger partial charge on any atom is 0.270 e. The smallest absolute Gasteiger partial charge is 0.270 e. The molecule has 0 atom stereocenters. The van der Waals surface area contributed by atoms with E-state index in [1.807, 2.05) is 13.0 Å². The van der Waals surface area contributed by atoms with Crippen molar-refractivity contribution < 1.29 is 18.3 Å². The number of pyridine rings is 1. The zero-order valence-electron chi connectivity index (χ0n) is 15.4. The lowest BCUT2D eigenvalue weighted by atomic mass is 10.2. The van der Waals surface area contributed by atoms with Crippen LogP contribution < -0.4 is 10.1 Å². The van der Waals surface area contributed by atoms with Gasteiger partial charge in [-0.3, -0.25) is 9.20 Å². The summed E-state index contributed by atoms with van der Waals surface area (Å²) in [5.74, 6) is -1.44. The monoisotopic (exact) mass is 384 g/mol. The number of benzene rings is 1. The van der Waals surface area contributed by atoms with Gasteiger partial charge in [0.15, 0.2) is 11.4 Å². The van der Waals surface area contributed by atoms with Crippen molar-refractivity contribution in [3.63, 3.8) is 0 Å². The molecule has 0 radical (unpaired) electrons. The van der Waals surface area contributed by atoms with Crippen LogP contribution in [0.5, 0.6) is 5.75 Å². The molecule has 0 spiro atoms. The number of amides is 1. The third-order valence-electron chi connectivity index (χ3n) is 4.17. The predicted octanol–water partition coefficient (Wildman–Crippen LogP) is 3.45. The number of hydrogen-bond donors (Lipinski definition) is 1. The van der Waals surface area contributed by atoms with Crippen LogP contribution in [0.15, 0.2) is 30.5 Å². The Hall–Kier alpha value is -3.47. The molecule has 0 unspecified atom stereocenters. The van der Waals surface area contributed by atoms with Crippen LogP contribution in [-0.2, 0) is 6.61 Å². The van der Waals surface area contributed by atoms with Crippen molar-refractivity contribution in [3.8, 4) is 11.8 Å². The number of nitriles is 1. The van der Waals surface area contributed by atoms with Crippen molar-refractivity contribution in [1.82, 2.24) is 14.7 Å². The summed E-state index contributed by atoms with van der Waals surface area (Å²) in [4.78, 5) is 16.9. The van der Waals surface area contributed by atoms with E-state index in [2.05, 4.69) is 10.3 Å². The van der Waals surface area contributed by atoms with E-state index in [1.165, 1.54) is 6.07 Å². The van der Waals surface area contributed by atoms with Crippen molar-refractivity contribution in [2.45, 2.75) is 26.9 Å². The molecular weight excluding hydrogens is 366 g/mol. The molecule has 6 nitrogen and oxygen atoms in total. The lowest BCUT2D eigenvalue weighted by Gasteiger charge is -2.11. The van der Waals surface area contributed by atoms with Gasteiger partial charge in [-0.2, -0.15) is 5.26 Å². The molecule has 0 aliphatic rings. The number of carbonyl (C=O) groups is 1. The van der Waals surface area contributed by atoms with Crippen LogP contribution in [0.3, 0.4) is 0 Å². The normalized spacial score (nSPS) is 10.7. The molecule has 144 valence electrons. The van der Waals surface area contributed by atoms with Crippen LogP contribution in [0.2, 0.25) is 0 Å².